The molecule has 0 aliphatic carbocycles. The Morgan fingerprint density at radius 3 is 2.00 bits per heavy atom. The van der Waals surface area contributed by atoms with E-state index >= 15 is 0 Å². The minimum Gasteiger partial charge on any atom is -0.507 e. The molecule has 5 nitrogen and oxygen atoms in total. The van der Waals surface area contributed by atoms with Gasteiger partial charge in [0.1, 0.15) is 28.3 Å². The second-order valence-electron chi connectivity index (χ2n) is 11.6. The second kappa shape index (κ2) is 10.9. The molecular weight excluding hydrogens is 578 g/mol. The molecule has 0 saturated carbocycles. The minimum atomic E-state index is 0.184. The van der Waals surface area contributed by atoms with E-state index in [0.717, 1.165) is 72.5 Å². The van der Waals surface area contributed by atoms with E-state index in [0.29, 0.717) is 11.3 Å². The van der Waals surface area contributed by atoms with Crippen molar-refractivity contribution in [1.82, 2.24) is 14.4 Å². The lowest BCUT2D eigenvalue weighted by Gasteiger charge is -2.12. The van der Waals surface area contributed by atoms with E-state index in [-0.39, 0.29) is 5.75 Å². The smallest absolute Gasteiger partial charge is 0.147 e. The molecule has 5 heteroatoms. The monoisotopic (exact) mass is 605 g/mol. The van der Waals surface area contributed by atoms with Crippen molar-refractivity contribution in [1.29, 1.82) is 0 Å². The number of rotatable bonds is 5. The maximum absolute atomic E-state index is 10.9. The van der Waals surface area contributed by atoms with Gasteiger partial charge in [-0.05, 0) is 71.8 Å². The number of phenols is 1. The van der Waals surface area contributed by atoms with Crippen LogP contribution in [0.2, 0.25) is 0 Å². The van der Waals surface area contributed by atoms with Gasteiger partial charge in [-0.3, -0.25) is 4.40 Å². The topological polar surface area (TPSA) is 63.6 Å². The summed E-state index contributed by atoms with van der Waals surface area (Å²) in [6.07, 6.45) is 2.03. The SMILES string of the molecule is Oc1ccccc1-c1nc2c(-c3cc(-c4ccccc4)cc(-c4ccc5oc6ccccc6c5c4)n3)cccn2c1-c1ccccc1. The van der Waals surface area contributed by atoms with Crippen LogP contribution in [-0.2, 0) is 0 Å². The van der Waals surface area contributed by atoms with Crippen molar-refractivity contribution in [2.24, 2.45) is 0 Å². The fraction of sp³-hybridized carbons (Fsp3) is 0. The van der Waals surface area contributed by atoms with Crippen molar-refractivity contribution in [3.05, 3.63) is 158 Å². The lowest BCUT2D eigenvalue weighted by molar-refractivity contribution is 0.477. The van der Waals surface area contributed by atoms with Gasteiger partial charge in [0.2, 0.25) is 0 Å². The van der Waals surface area contributed by atoms with E-state index in [9.17, 15) is 5.11 Å². The van der Waals surface area contributed by atoms with Crippen LogP contribution in [0.15, 0.2) is 162 Å². The molecule has 1 N–H and O–H groups in total. The molecule has 0 saturated heterocycles. The van der Waals surface area contributed by atoms with Crippen LogP contribution in [0, 0.1) is 0 Å². The molecule has 9 rings (SSSR count). The van der Waals surface area contributed by atoms with Crippen molar-refractivity contribution in [3.8, 4) is 61.9 Å². The number of hydrogen-bond donors (Lipinski definition) is 1. The van der Waals surface area contributed by atoms with E-state index in [4.69, 9.17) is 14.4 Å². The van der Waals surface area contributed by atoms with Gasteiger partial charge in [-0.2, -0.15) is 0 Å². The largest absolute Gasteiger partial charge is 0.507 e. The first-order chi connectivity index (χ1) is 23.2. The number of benzene rings is 5. The zero-order valence-electron chi connectivity index (χ0n) is 25.2. The highest BCUT2D eigenvalue weighted by Gasteiger charge is 2.21. The number of fused-ring (bicyclic) bond motifs is 4. The number of furan rings is 1. The highest BCUT2D eigenvalue weighted by Crippen LogP contribution is 2.40. The third-order valence-electron chi connectivity index (χ3n) is 8.74. The van der Waals surface area contributed by atoms with Gasteiger partial charge in [0.25, 0.3) is 0 Å². The lowest BCUT2D eigenvalue weighted by atomic mass is 9.99. The molecule has 4 aromatic heterocycles. The van der Waals surface area contributed by atoms with Crippen LogP contribution in [0.3, 0.4) is 0 Å². The molecule has 0 atom stereocenters. The standard InChI is InChI=1S/C42H27N3O2/c46-37-19-9-7-17-33(37)40-41(28-14-5-2-6-15-28)45-23-11-18-32(42(45)44-40)36-26-30(27-12-3-1-4-13-27)25-35(43-36)29-21-22-39-34(24-29)31-16-8-10-20-38(31)47-39/h1-26,46H. The second-order valence-corrected chi connectivity index (χ2v) is 11.6. The molecule has 0 unspecified atom stereocenters. The molecule has 0 spiro atoms. The number of hydrogen-bond acceptors (Lipinski definition) is 4. The summed E-state index contributed by atoms with van der Waals surface area (Å²) in [5, 5.41) is 13.1. The number of nitrogens with zero attached hydrogens (tertiary/aromatic N) is 3. The molecule has 4 heterocycles. The Bertz CT molecular complexity index is 2580. The molecule has 0 radical (unpaired) electrons. The van der Waals surface area contributed by atoms with Crippen LogP contribution in [0.5, 0.6) is 5.75 Å². The van der Waals surface area contributed by atoms with Gasteiger partial charge in [0.05, 0.1) is 17.1 Å². The Morgan fingerprint density at radius 1 is 0.489 bits per heavy atom. The molecule has 0 amide bonds. The normalized spacial score (nSPS) is 11.5. The summed E-state index contributed by atoms with van der Waals surface area (Å²) in [5.41, 5.74) is 11.5. The zero-order valence-corrected chi connectivity index (χ0v) is 25.2. The average molecular weight is 606 g/mol. The Labute approximate surface area is 270 Å². The van der Waals surface area contributed by atoms with E-state index in [2.05, 4.69) is 77.2 Å². The van der Waals surface area contributed by atoms with E-state index in [1.165, 1.54) is 0 Å². The van der Waals surface area contributed by atoms with E-state index in [1.54, 1.807) is 6.07 Å². The van der Waals surface area contributed by atoms with Crippen molar-refractivity contribution in [2.75, 3.05) is 0 Å². The lowest BCUT2D eigenvalue weighted by Crippen LogP contribution is -1.95. The maximum atomic E-state index is 10.9. The Kier molecular flexibility index (Phi) is 6.22. The van der Waals surface area contributed by atoms with Crippen LogP contribution in [0.25, 0.3) is 83.7 Å². The first-order valence-electron chi connectivity index (χ1n) is 15.6. The highest BCUT2D eigenvalue weighted by molar-refractivity contribution is 6.06. The van der Waals surface area contributed by atoms with Crippen LogP contribution in [0.4, 0.5) is 0 Å². The van der Waals surface area contributed by atoms with Crippen LogP contribution < -0.4 is 0 Å². The third kappa shape index (κ3) is 4.56. The Balaban J connectivity index is 1.30. The quantitative estimate of drug-likeness (QED) is 0.212. The first-order valence-corrected chi connectivity index (χ1v) is 15.6. The summed E-state index contributed by atoms with van der Waals surface area (Å²) in [4.78, 5) is 10.5. The van der Waals surface area contributed by atoms with E-state index < -0.39 is 0 Å². The number of imidazole rings is 1. The van der Waals surface area contributed by atoms with Crippen molar-refractivity contribution >= 4 is 27.6 Å². The molecule has 0 aliphatic heterocycles. The average Bonchev–Trinajstić information content (AvgIpc) is 3.71. The zero-order chi connectivity index (χ0) is 31.3. The molecule has 0 aliphatic rings. The number of pyridine rings is 2. The summed E-state index contributed by atoms with van der Waals surface area (Å²) in [6, 6.07) is 50.7. The summed E-state index contributed by atoms with van der Waals surface area (Å²) in [5.74, 6) is 0.184. The van der Waals surface area contributed by atoms with Crippen LogP contribution in [0.1, 0.15) is 0 Å². The third-order valence-corrected chi connectivity index (χ3v) is 8.74. The van der Waals surface area contributed by atoms with E-state index in [1.807, 2.05) is 79.0 Å². The predicted octanol–water partition coefficient (Wildman–Crippen LogP) is 10.7. The molecule has 47 heavy (non-hydrogen) atoms. The molecule has 0 fully saturated rings. The summed E-state index contributed by atoms with van der Waals surface area (Å²) < 4.78 is 8.23. The molecule has 5 aromatic carbocycles. The molecule has 0 bridgehead atoms. The summed E-state index contributed by atoms with van der Waals surface area (Å²) >= 11 is 0. The first kappa shape index (κ1) is 26.9. The van der Waals surface area contributed by atoms with Crippen molar-refractivity contribution in [3.63, 3.8) is 0 Å². The fourth-order valence-electron chi connectivity index (χ4n) is 6.50. The molecule has 222 valence electrons. The summed E-state index contributed by atoms with van der Waals surface area (Å²) in [6.45, 7) is 0. The maximum Gasteiger partial charge on any atom is 0.147 e. The number of aromatic hydroxyl groups is 1. The number of aromatic nitrogens is 3. The Hall–Kier alpha value is -6.46. The number of phenolic OH excluding ortho intramolecular Hbond substituents is 1. The van der Waals surface area contributed by atoms with Crippen LogP contribution in [-0.4, -0.2) is 19.5 Å². The highest BCUT2D eigenvalue weighted by atomic mass is 16.3. The summed E-state index contributed by atoms with van der Waals surface area (Å²) in [7, 11) is 0. The van der Waals surface area contributed by atoms with Gasteiger partial charge < -0.3 is 9.52 Å². The van der Waals surface area contributed by atoms with Crippen molar-refractivity contribution < 1.29 is 9.52 Å². The van der Waals surface area contributed by atoms with Gasteiger partial charge in [-0.25, -0.2) is 9.97 Å². The minimum absolute atomic E-state index is 0.184. The fourth-order valence-corrected chi connectivity index (χ4v) is 6.50. The van der Waals surface area contributed by atoms with Gasteiger partial charge in [-0.15, -0.1) is 0 Å². The number of para-hydroxylation sites is 2. The van der Waals surface area contributed by atoms with Crippen LogP contribution >= 0.6 is 0 Å². The van der Waals surface area contributed by atoms with Gasteiger partial charge in [0, 0.05) is 39.2 Å². The van der Waals surface area contributed by atoms with Gasteiger partial charge in [-0.1, -0.05) is 91.0 Å². The van der Waals surface area contributed by atoms with Gasteiger partial charge in [0.15, 0.2) is 0 Å². The molecule has 9 aromatic rings. The Morgan fingerprint density at radius 2 is 1.17 bits per heavy atom. The van der Waals surface area contributed by atoms with Crippen molar-refractivity contribution in [2.45, 2.75) is 0 Å². The predicted molar refractivity (Wildman–Crippen MR) is 189 cm³/mol. The van der Waals surface area contributed by atoms with Gasteiger partial charge >= 0.3 is 0 Å². The molecular formula is C42H27N3O2.